The molecule has 2 N–H and O–H groups in total. The summed E-state index contributed by atoms with van der Waals surface area (Å²) in [5.74, 6) is 2.67. The van der Waals surface area contributed by atoms with Crippen LogP contribution in [0.15, 0.2) is 4.99 Å². The van der Waals surface area contributed by atoms with Crippen LogP contribution in [0.5, 0.6) is 0 Å². The van der Waals surface area contributed by atoms with Gasteiger partial charge in [0.15, 0.2) is 11.8 Å². The molecule has 2 saturated carbocycles. The molecule has 1 aromatic rings. The molecule has 2 atom stereocenters. The van der Waals surface area contributed by atoms with Gasteiger partial charge in [0.25, 0.3) is 0 Å². The maximum Gasteiger partial charge on any atom is 0.192 e. The molecule has 0 aliphatic heterocycles. The highest BCUT2D eigenvalue weighted by molar-refractivity contribution is 5.80. The van der Waals surface area contributed by atoms with Crippen molar-refractivity contribution in [3.8, 4) is 0 Å². The molecule has 0 saturated heterocycles. The van der Waals surface area contributed by atoms with E-state index in [2.05, 4.69) is 41.6 Å². The average Bonchev–Trinajstić information content (AvgIpc) is 3.23. The van der Waals surface area contributed by atoms with Gasteiger partial charge in [0.2, 0.25) is 0 Å². The maximum absolute atomic E-state index is 5.76. The molecule has 2 aliphatic rings. The van der Waals surface area contributed by atoms with Crippen LogP contribution in [0.2, 0.25) is 0 Å². The summed E-state index contributed by atoms with van der Waals surface area (Å²) in [5, 5.41) is 15.6. The fraction of sp³-hybridized carbons (Fsp3) is 0.842. The van der Waals surface area contributed by atoms with Crippen molar-refractivity contribution in [3.05, 3.63) is 11.6 Å². The van der Waals surface area contributed by atoms with E-state index in [1.165, 1.54) is 25.7 Å². The zero-order valence-corrected chi connectivity index (χ0v) is 17.1. The van der Waals surface area contributed by atoms with Gasteiger partial charge in [0, 0.05) is 31.7 Å². The number of guanidine groups is 1. The molecule has 7 nitrogen and oxygen atoms in total. The van der Waals surface area contributed by atoms with Crippen LogP contribution in [0.4, 0.5) is 0 Å². The van der Waals surface area contributed by atoms with Gasteiger partial charge in [-0.25, -0.2) is 4.99 Å². The van der Waals surface area contributed by atoms with E-state index >= 15 is 0 Å². The summed E-state index contributed by atoms with van der Waals surface area (Å²) < 4.78 is 7.75. The van der Waals surface area contributed by atoms with Gasteiger partial charge in [-0.1, -0.05) is 26.7 Å². The predicted molar refractivity (Wildman–Crippen MR) is 103 cm³/mol. The Morgan fingerprint density at radius 2 is 1.92 bits per heavy atom. The van der Waals surface area contributed by atoms with Crippen LogP contribution in [-0.4, -0.2) is 45.5 Å². The van der Waals surface area contributed by atoms with E-state index in [4.69, 9.17) is 9.73 Å². The lowest BCUT2D eigenvalue weighted by Crippen LogP contribution is -2.69. The number of ether oxygens (including phenoxy) is 1. The van der Waals surface area contributed by atoms with E-state index in [-0.39, 0.29) is 11.0 Å². The van der Waals surface area contributed by atoms with Gasteiger partial charge in [-0.2, -0.15) is 0 Å². The Morgan fingerprint density at radius 1 is 1.23 bits per heavy atom. The molecule has 0 amide bonds. The molecule has 26 heavy (non-hydrogen) atoms. The molecule has 7 heteroatoms. The molecule has 0 aromatic carbocycles. The Bertz CT molecular complexity index is 661. The standard InChI is InChI=1S/C19H34N6O/c1-13-23-24-16(25(13)5)12-20-17(21-14-9-7-8-10-14)22-15-11-19(4,26-6)18(15,2)3/h14-15H,7-12H2,1-6H3,(H2,20,21,22). The van der Waals surface area contributed by atoms with Gasteiger partial charge in [-0.05, 0) is 33.1 Å². The van der Waals surface area contributed by atoms with Crippen molar-refractivity contribution < 1.29 is 4.74 Å². The first-order chi connectivity index (χ1) is 12.3. The fourth-order valence-corrected chi connectivity index (χ4v) is 4.02. The van der Waals surface area contributed by atoms with Crippen LogP contribution < -0.4 is 10.6 Å². The van der Waals surface area contributed by atoms with Crippen molar-refractivity contribution in [3.63, 3.8) is 0 Å². The molecule has 0 radical (unpaired) electrons. The third kappa shape index (κ3) is 3.46. The smallest absolute Gasteiger partial charge is 0.192 e. The Labute approximate surface area is 157 Å². The van der Waals surface area contributed by atoms with Crippen LogP contribution in [0.1, 0.15) is 64.5 Å². The zero-order valence-electron chi connectivity index (χ0n) is 17.1. The number of hydrogen-bond donors (Lipinski definition) is 2. The molecule has 2 fully saturated rings. The second-order valence-electron chi connectivity index (χ2n) is 8.57. The Morgan fingerprint density at radius 3 is 2.46 bits per heavy atom. The molecule has 3 rings (SSSR count). The lowest BCUT2D eigenvalue weighted by Gasteiger charge is -2.59. The van der Waals surface area contributed by atoms with E-state index < -0.39 is 0 Å². The van der Waals surface area contributed by atoms with Gasteiger partial charge >= 0.3 is 0 Å². The summed E-state index contributed by atoms with van der Waals surface area (Å²) >= 11 is 0. The number of aliphatic imine (C=N–C) groups is 1. The van der Waals surface area contributed by atoms with Crippen molar-refractivity contribution in [1.82, 2.24) is 25.4 Å². The van der Waals surface area contributed by atoms with Crippen LogP contribution in [0.3, 0.4) is 0 Å². The minimum Gasteiger partial charge on any atom is -0.378 e. The molecule has 0 bridgehead atoms. The third-order valence-corrected chi connectivity index (χ3v) is 6.85. The number of aromatic nitrogens is 3. The second kappa shape index (κ2) is 7.18. The minimum absolute atomic E-state index is 0.0429. The summed E-state index contributed by atoms with van der Waals surface area (Å²) in [6, 6.07) is 0.848. The first-order valence-corrected chi connectivity index (χ1v) is 9.74. The fourth-order valence-electron chi connectivity index (χ4n) is 4.02. The van der Waals surface area contributed by atoms with Crippen molar-refractivity contribution >= 4 is 5.96 Å². The first-order valence-electron chi connectivity index (χ1n) is 9.74. The first kappa shape index (κ1) is 19.1. The van der Waals surface area contributed by atoms with Gasteiger partial charge in [-0.15, -0.1) is 10.2 Å². The topological polar surface area (TPSA) is 76.4 Å². The van der Waals surface area contributed by atoms with Crippen molar-refractivity contribution in [2.75, 3.05) is 7.11 Å². The highest BCUT2D eigenvalue weighted by atomic mass is 16.5. The number of methoxy groups -OCH3 is 1. The SMILES string of the molecule is COC1(C)CC(NC(=NCc2nnc(C)n2C)NC2CCCC2)C1(C)C. The Hall–Kier alpha value is -1.63. The van der Waals surface area contributed by atoms with E-state index in [1.54, 1.807) is 7.11 Å². The summed E-state index contributed by atoms with van der Waals surface area (Å²) in [4.78, 5) is 4.82. The summed E-state index contributed by atoms with van der Waals surface area (Å²) in [6.07, 6.45) is 6.00. The lowest BCUT2D eigenvalue weighted by atomic mass is 9.56. The molecule has 2 aliphatic carbocycles. The van der Waals surface area contributed by atoms with Crippen molar-refractivity contribution in [2.45, 2.75) is 84.0 Å². The number of hydrogen-bond acceptors (Lipinski definition) is 4. The molecular formula is C19H34N6O. The molecule has 146 valence electrons. The van der Waals surface area contributed by atoms with E-state index in [9.17, 15) is 0 Å². The average molecular weight is 363 g/mol. The van der Waals surface area contributed by atoms with Crippen molar-refractivity contribution in [1.29, 1.82) is 0 Å². The summed E-state index contributed by atoms with van der Waals surface area (Å²) in [6.45, 7) is 9.19. The number of rotatable bonds is 5. The molecule has 0 spiro atoms. The molecule has 2 unspecified atom stereocenters. The number of aryl methyl sites for hydroxylation is 1. The van der Waals surface area contributed by atoms with Gasteiger partial charge in [-0.3, -0.25) is 0 Å². The van der Waals surface area contributed by atoms with Gasteiger partial charge in [0.05, 0.1) is 5.60 Å². The van der Waals surface area contributed by atoms with Crippen LogP contribution in [-0.2, 0) is 18.3 Å². The van der Waals surface area contributed by atoms with Gasteiger partial charge in [0.1, 0.15) is 12.4 Å². The maximum atomic E-state index is 5.76. The van der Waals surface area contributed by atoms with E-state index in [0.29, 0.717) is 18.6 Å². The minimum atomic E-state index is -0.0934. The highest BCUT2D eigenvalue weighted by Gasteiger charge is 2.58. The van der Waals surface area contributed by atoms with Crippen LogP contribution in [0, 0.1) is 12.3 Å². The second-order valence-corrected chi connectivity index (χ2v) is 8.57. The van der Waals surface area contributed by atoms with Gasteiger partial charge < -0.3 is 19.9 Å². The predicted octanol–water partition coefficient (Wildman–Crippen LogP) is 2.30. The van der Waals surface area contributed by atoms with Crippen LogP contribution in [0.25, 0.3) is 0 Å². The van der Waals surface area contributed by atoms with Crippen molar-refractivity contribution in [2.24, 2.45) is 17.5 Å². The monoisotopic (exact) mass is 362 g/mol. The number of nitrogens with one attached hydrogen (secondary N) is 2. The summed E-state index contributed by atoms with van der Waals surface area (Å²) in [7, 11) is 3.79. The van der Waals surface area contributed by atoms with Crippen LogP contribution >= 0.6 is 0 Å². The highest BCUT2D eigenvalue weighted by Crippen LogP contribution is 2.51. The van der Waals surface area contributed by atoms with E-state index in [1.807, 2.05) is 18.5 Å². The molecular weight excluding hydrogens is 328 g/mol. The Balaban J connectivity index is 1.71. The normalized spacial score (nSPS) is 28.8. The molecule has 1 aromatic heterocycles. The lowest BCUT2D eigenvalue weighted by molar-refractivity contribution is -0.176. The zero-order chi connectivity index (χ0) is 18.9. The van der Waals surface area contributed by atoms with E-state index in [0.717, 1.165) is 24.0 Å². The quantitative estimate of drug-likeness (QED) is 0.621. The Kier molecular flexibility index (Phi) is 5.28. The summed E-state index contributed by atoms with van der Waals surface area (Å²) in [5.41, 5.74) is -0.0505. The largest absolute Gasteiger partial charge is 0.378 e. The third-order valence-electron chi connectivity index (χ3n) is 6.85. The number of nitrogens with zero attached hydrogens (tertiary/aromatic N) is 4. The molecule has 1 heterocycles.